The molecule has 1 unspecified atom stereocenters. The van der Waals surface area contributed by atoms with Gasteiger partial charge in [-0.2, -0.15) is 0 Å². The minimum Gasteiger partial charge on any atom is -0.508 e. The number of rotatable bonds is 4. The number of phenolic OH excluding ortho intramolecular Hbond substituents is 1. The van der Waals surface area contributed by atoms with Gasteiger partial charge in [-0.3, -0.25) is 0 Å². The summed E-state index contributed by atoms with van der Waals surface area (Å²) in [5.41, 5.74) is 1.06. The second-order valence-electron chi connectivity index (χ2n) is 3.88. The molecule has 0 bridgehead atoms. The molecule has 0 saturated carbocycles. The predicted octanol–water partition coefficient (Wildman–Crippen LogP) is 0.897. The number of phenols is 1. The lowest BCUT2D eigenvalue weighted by molar-refractivity contribution is -0.0357. The number of aromatic hydroxyl groups is 1. The fraction of sp³-hybridized carbons (Fsp3) is 0.500. The lowest BCUT2D eigenvalue weighted by Gasteiger charge is -2.23. The number of hydrogen-bond donors (Lipinski definition) is 2. The van der Waals surface area contributed by atoms with E-state index in [1.165, 1.54) is 0 Å². The summed E-state index contributed by atoms with van der Waals surface area (Å²) in [5, 5.41) is 12.4. The van der Waals surface area contributed by atoms with Crippen LogP contribution in [0.25, 0.3) is 0 Å². The zero-order chi connectivity index (χ0) is 11.2. The van der Waals surface area contributed by atoms with Crippen molar-refractivity contribution < 1.29 is 14.6 Å². The van der Waals surface area contributed by atoms with E-state index in [-0.39, 0.29) is 11.9 Å². The Balaban J connectivity index is 1.69. The molecule has 4 nitrogen and oxygen atoms in total. The van der Waals surface area contributed by atoms with E-state index in [1.54, 1.807) is 12.1 Å². The molecule has 0 amide bonds. The molecule has 1 aromatic rings. The van der Waals surface area contributed by atoms with Crippen molar-refractivity contribution in [2.24, 2.45) is 0 Å². The first-order chi connectivity index (χ1) is 7.84. The number of ether oxygens (including phenoxy) is 2. The lowest BCUT2D eigenvalue weighted by Crippen LogP contribution is -2.40. The quantitative estimate of drug-likeness (QED) is 0.796. The van der Waals surface area contributed by atoms with Gasteiger partial charge in [-0.1, -0.05) is 12.1 Å². The van der Waals surface area contributed by atoms with Crippen LogP contribution >= 0.6 is 0 Å². The van der Waals surface area contributed by atoms with Gasteiger partial charge in [0.2, 0.25) is 0 Å². The van der Waals surface area contributed by atoms with Gasteiger partial charge >= 0.3 is 0 Å². The first-order valence-electron chi connectivity index (χ1n) is 5.52. The first-order valence-corrected chi connectivity index (χ1v) is 5.52. The molecule has 4 heteroatoms. The van der Waals surface area contributed by atoms with Gasteiger partial charge in [0.25, 0.3) is 0 Å². The van der Waals surface area contributed by atoms with E-state index in [0.29, 0.717) is 13.2 Å². The van der Waals surface area contributed by atoms with Gasteiger partial charge in [-0.25, -0.2) is 0 Å². The highest BCUT2D eigenvalue weighted by Gasteiger charge is 2.12. The molecule has 0 radical (unpaired) electrons. The Labute approximate surface area is 95.2 Å². The van der Waals surface area contributed by atoms with Crippen molar-refractivity contribution in [1.82, 2.24) is 5.32 Å². The average Bonchev–Trinajstić information content (AvgIpc) is 2.33. The van der Waals surface area contributed by atoms with E-state index in [2.05, 4.69) is 5.32 Å². The average molecular weight is 223 g/mol. The van der Waals surface area contributed by atoms with Crippen LogP contribution in [-0.2, 0) is 16.1 Å². The van der Waals surface area contributed by atoms with Gasteiger partial charge in [-0.15, -0.1) is 0 Å². The molecule has 1 heterocycles. The fourth-order valence-corrected chi connectivity index (χ4v) is 1.63. The summed E-state index contributed by atoms with van der Waals surface area (Å²) in [6, 6.07) is 7.04. The van der Waals surface area contributed by atoms with Crippen molar-refractivity contribution in [1.29, 1.82) is 0 Å². The summed E-state index contributed by atoms with van der Waals surface area (Å²) in [7, 11) is 0. The molecule has 16 heavy (non-hydrogen) atoms. The first kappa shape index (κ1) is 11.4. The summed E-state index contributed by atoms with van der Waals surface area (Å²) >= 11 is 0. The second kappa shape index (κ2) is 5.84. The molecule has 0 spiro atoms. The molecule has 0 aromatic heterocycles. The Morgan fingerprint density at radius 3 is 2.88 bits per heavy atom. The second-order valence-corrected chi connectivity index (χ2v) is 3.88. The van der Waals surface area contributed by atoms with Crippen molar-refractivity contribution in [2.45, 2.75) is 12.7 Å². The number of benzene rings is 1. The van der Waals surface area contributed by atoms with Crippen LogP contribution in [0, 0.1) is 0 Å². The topological polar surface area (TPSA) is 50.7 Å². The van der Waals surface area contributed by atoms with Crippen molar-refractivity contribution in [3.63, 3.8) is 0 Å². The van der Waals surface area contributed by atoms with Gasteiger partial charge in [0.15, 0.2) is 0 Å². The maximum absolute atomic E-state index is 9.12. The molecule has 0 aliphatic carbocycles. The summed E-state index contributed by atoms with van der Waals surface area (Å²) in [4.78, 5) is 0. The maximum Gasteiger partial charge on any atom is 0.115 e. The third-order valence-corrected chi connectivity index (χ3v) is 2.51. The molecule has 1 aliphatic heterocycles. The van der Waals surface area contributed by atoms with Crippen LogP contribution in [0.15, 0.2) is 24.3 Å². The molecule has 1 aliphatic rings. The minimum atomic E-state index is 0.158. The third-order valence-electron chi connectivity index (χ3n) is 2.51. The van der Waals surface area contributed by atoms with Crippen LogP contribution in [-0.4, -0.2) is 37.5 Å². The highest BCUT2D eigenvalue weighted by atomic mass is 16.5. The standard InChI is InChI=1S/C12H17NO3/c14-11-3-1-10(2-4-11)8-15-9-12-7-13-5-6-16-12/h1-4,12-14H,5-9H2. The van der Waals surface area contributed by atoms with Crippen LogP contribution in [0.2, 0.25) is 0 Å². The van der Waals surface area contributed by atoms with Crippen LogP contribution < -0.4 is 5.32 Å². The molecule has 2 rings (SSSR count). The van der Waals surface area contributed by atoms with Gasteiger partial charge in [0.05, 0.1) is 25.9 Å². The summed E-state index contributed by atoms with van der Waals surface area (Å²) in [6.45, 7) is 3.70. The van der Waals surface area contributed by atoms with Crippen LogP contribution in [0.5, 0.6) is 5.75 Å². The molecular weight excluding hydrogens is 206 g/mol. The Morgan fingerprint density at radius 2 is 2.19 bits per heavy atom. The van der Waals surface area contributed by atoms with Crippen molar-refractivity contribution in [3.05, 3.63) is 29.8 Å². The lowest BCUT2D eigenvalue weighted by atomic mass is 10.2. The maximum atomic E-state index is 9.12. The third kappa shape index (κ3) is 3.48. The summed E-state index contributed by atoms with van der Waals surface area (Å²) in [6.07, 6.45) is 0.158. The highest BCUT2D eigenvalue weighted by Crippen LogP contribution is 2.10. The molecule has 2 N–H and O–H groups in total. The van der Waals surface area contributed by atoms with E-state index < -0.39 is 0 Å². The minimum absolute atomic E-state index is 0.158. The summed E-state index contributed by atoms with van der Waals surface area (Å²) < 4.78 is 11.1. The van der Waals surface area contributed by atoms with Crippen LogP contribution in [0.4, 0.5) is 0 Å². The Bertz CT molecular complexity index is 307. The smallest absolute Gasteiger partial charge is 0.115 e. The van der Waals surface area contributed by atoms with Gasteiger partial charge in [0, 0.05) is 13.1 Å². The Hall–Kier alpha value is -1.10. The van der Waals surface area contributed by atoms with Crippen LogP contribution in [0.3, 0.4) is 0 Å². The number of morpholine rings is 1. The number of hydrogen-bond acceptors (Lipinski definition) is 4. The van der Waals surface area contributed by atoms with Crippen LogP contribution in [0.1, 0.15) is 5.56 Å². The number of nitrogens with one attached hydrogen (secondary N) is 1. The van der Waals surface area contributed by atoms with E-state index in [4.69, 9.17) is 14.6 Å². The zero-order valence-corrected chi connectivity index (χ0v) is 9.19. The predicted molar refractivity (Wildman–Crippen MR) is 60.4 cm³/mol. The fourth-order valence-electron chi connectivity index (χ4n) is 1.63. The summed E-state index contributed by atoms with van der Waals surface area (Å²) in [5.74, 6) is 0.281. The Morgan fingerprint density at radius 1 is 1.38 bits per heavy atom. The van der Waals surface area contributed by atoms with Gasteiger partial charge in [0.1, 0.15) is 5.75 Å². The Kier molecular flexibility index (Phi) is 4.16. The van der Waals surface area contributed by atoms with Crippen molar-refractivity contribution in [3.8, 4) is 5.75 Å². The van der Waals surface area contributed by atoms with Crippen molar-refractivity contribution >= 4 is 0 Å². The van der Waals surface area contributed by atoms with Crippen molar-refractivity contribution in [2.75, 3.05) is 26.3 Å². The molecular formula is C12H17NO3. The van der Waals surface area contributed by atoms with Gasteiger partial charge < -0.3 is 19.9 Å². The monoisotopic (exact) mass is 223 g/mol. The van der Waals surface area contributed by atoms with E-state index >= 15 is 0 Å². The SMILES string of the molecule is Oc1ccc(COCC2CNCCO2)cc1. The highest BCUT2D eigenvalue weighted by molar-refractivity contribution is 5.25. The molecule has 1 atom stereocenters. The van der Waals surface area contributed by atoms with E-state index in [0.717, 1.165) is 25.3 Å². The van der Waals surface area contributed by atoms with Gasteiger partial charge in [-0.05, 0) is 17.7 Å². The molecule has 1 aromatic carbocycles. The molecule has 88 valence electrons. The van der Waals surface area contributed by atoms with E-state index in [1.807, 2.05) is 12.1 Å². The normalized spacial score (nSPS) is 20.9. The molecule has 1 fully saturated rings. The molecule has 1 saturated heterocycles. The largest absolute Gasteiger partial charge is 0.508 e. The zero-order valence-electron chi connectivity index (χ0n) is 9.19. The van der Waals surface area contributed by atoms with E-state index in [9.17, 15) is 0 Å².